The average molecular weight is 259 g/mol. The Morgan fingerprint density at radius 1 is 1.26 bits per heavy atom. The highest BCUT2D eigenvalue weighted by atomic mass is 16.7. The van der Waals surface area contributed by atoms with E-state index in [4.69, 9.17) is 9.47 Å². The molecule has 1 unspecified atom stereocenters. The predicted molar refractivity (Wildman–Crippen MR) is 70.0 cm³/mol. The van der Waals surface area contributed by atoms with Crippen molar-refractivity contribution >= 4 is 0 Å². The van der Waals surface area contributed by atoms with E-state index < -0.39 is 5.54 Å². The summed E-state index contributed by atoms with van der Waals surface area (Å²) in [5, 5.41) is 13.0. The van der Waals surface area contributed by atoms with Crippen molar-refractivity contribution < 1.29 is 9.47 Å². The lowest BCUT2D eigenvalue weighted by Gasteiger charge is -2.39. The van der Waals surface area contributed by atoms with Crippen LogP contribution in [0.15, 0.2) is 18.2 Å². The number of fused-ring (bicyclic) bond motifs is 1. The number of ether oxygens (including phenoxy) is 2. The minimum absolute atomic E-state index is 0.260. The second-order valence-corrected chi connectivity index (χ2v) is 4.99. The lowest BCUT2D eigenvalue weighted by Crippen LogP contribution is -2.52. The zero-order valence-electron chi connectivity index (χ0n) is 11.0. The lowest BCUT2D eigenvalue weighted by atomic mass is 9.90. The smallest absolute Gasteiger partial charge is 0.231 e. The van der Waals surface area contributed by atoms with Crippen molar-refractivity contribution in [3.8, 4) is 17.6 Å². The molecule has 0 radical (unpaired) electrons. The maximum absolute atomic E-state index is 9.66. The molecule has 1 atom stereocenters. The normalized spacial score (nSPS) is 21.7. The van der Waals surface area contributed by atoms with E-state index in [1.807, 2.05) is 25.1 Å². The Kier molecular flexibility index (Phi) is 3.05. The van der Waals surface area contributed by atoms with E-state index in [-0.39, 0.29) is 6.79 Å². The van der Waals surface area contributed by atoms with Crippen LogP contribution in [0.4, 0.5) is 0 Å². The molecular weight excluding hydrogens is 242 g/mol. The van der Waals surface area contributed by atoms with E-state index in [0.29, 0.717) is 0 Å². The average Bonchev–Trinajstić information content (AvgIpc) is 2.94. The molecule has 1 aromatic rings. The highest BCUT2D eigenvalue weighted by molar-refractivity contribution is 5.47. The fourth-order valence-corrected chi connectivity index (χ4v) is 2.63. The van der Waals surface area contributed by atoms with Gasteiger partial charge in [0.15, 0.2) is 11.5 Å². The van der Waals surface area contributed by atoms with Crippen LogP contribution in [0.25, 0.3) is 0 Å². The van der Waals surface area contributed by atoms with Crippen molar-refractivity contribution in [1.82, 2.24) is 10.2 Å². The van der Waals surface area contributed by atoms with Crippen molar-refractivity contribution in [1.29, 1.82) is 5.26 Å². The predicted octanol–water partition coefficient (Wildman–Crippen LogP) is 1.06. The third-order valence-corrected chi connectivity index (χ3v) is 3.90. The van der Waals surface area contributed by atoms with Crippen molar-refractivity contribution in [3.63, 3.8) is 0 Å². The first-order valence-corrected chi connectivity index (χ1v) is 6.51. The van der Waals surface area contributed by atoms with E-state index in [1.54, 1.807) is 0 Å². The van der Waals surface area contributed by atoms with Crippen molar-refractivity contribution in [2.45, 2.75) is 12.5 Å². The van der Waals surface area contributed by atoms with Crippen LogP contribution in [0.3, 0.4) is 0 Å². The molecule has 0 saturated carbocycles. The molecule has 1 aromatic carbocycles. The Labute approximate surface area is 112 Å². The number of rotatable bonds is 2. The van der Waals surface area contributed by atoms with Crippen molar-refractivity contribution in [2.75, 3.05) is 33.0 Å². The summed E-state index contributed by atoms with van der Waals surface area (Å²) in [4.78, 5) is 2.21. The van der Waals surface area contributed by atoms with E-state index in [1.165, 1.54) is 0 Å². The van der Waals surface area contributed by atoms with Gasteiger partial charge in [-0.05, 0) is 24.6 Å². The van der Waals surface area contributed by atoms with Gasteiger partial charge in [0.25, 0.3) is 0 Å². The van der Waals surface area contributed by atoms with Crippen LogP contribution in [0.2, 0.25) is 0 Å². The molecule has 100 valence electrons. The van der Waals surface area contributed by atoms with E-state index in [2.05, 4.69) is 16.3 Å². The summed E-state index contributed by atoms with van der Waals surface area (Å²) in [6.07, 6.45) is 0. The third kappa shape index (κ3) is 2.03. The molecule has 5 nitrogen and oxygen atoms in total. The molecule has 0 amide bonds. The summed E-state index contributed by atoms with van der Waals surface area (Å²) in [7, 11) is 0. The number of nitriles is 1. The Morgan fingerprint density at radius 2 is 2.00 bits per heavy atom. The second-order valence-electron chi connectivity index (χ2n) is 4.99. The van der Waals surface area contributed by atoms with Gasteiger partial charge in [-0.2, -0.15) is 5.26 Å². The largest absolute Gasteiger partial charge is 0.454 e. The Hall–Kier alpha value is -1.77. The third-order valence-electron chi connectivity index (χ3n) is 3.90. The zero-order chi connectivity index (χ0) is 13.3. The monoisotopic (exact) mass is 259 g/mol. The lowest BCUT2D eigenvalue weighted by molar-refractivity contribution is 0.132. The van der Waals surface area contributed by atoms with E-state index >= 15 is 0 Å². The molecule has 1 fully saturated rings. The van der Waals surface area contributed by atoms with Gasteiger partial charge in [0, 0.05) is 26.2 Å². The fourth-order valence-electron chi connectivity index (χ4n) is 2.63. The molecule has 5 heteroatoms. The quantitative estimate of drug-likeness (QED) is 0.860. The van der Waals surface area contributed by atoms with Crippen LogP contribution in [0, 0.1) is 11.3 Å². The molecule has 2 aliphatic heterocycles. The van der Waals surface area contributed by atoms with Gasteiger partial charge in [0.2, 0.25) is 6.79 Å². The van der Waals surface area contributed by atoms with Crippen LogP contribution >= 0.6 is 0 Å². The highest BCUT2D eigenvalue weighted by Gasteiger charge is 2.35. The summed E-state index contributed by atoms with van der Waals surface area (Å²) in [5.74, 6) is 1.48. The fraction of sp³-hybridized carbons (Fsp3) is 0.500. The molecule has 0 spiro atoms. The van der Waals surface area contributed by atoms with Crippen molar-refractivity contribution in [2.24, 2.45) is 0 Å². The molecular formula is C14H17N3O2. The van der Waals surface area contributed by atoms with Gasteiger partial charge >= 0.3 is 0 Å². The minimum Gasteiger partial charge on any atom is -0.454 e. The zero-order valence-corrected chi connectivity index (χ0v) is 11.0. The van der Waals surface area contributed by atoms with Gasteiger partial charge in [-0.3, -0.25) is 4.90 Å². The number of benzene rings is 1. The first-order chi connectivity index (χ1) is 9.24. The van der Waals surface area contributed by atoms with Gasteiger partial charge in [-0.1, -0.05) is 6.07 Å². The molecule has 2 heterocycles. The van der Waals surface area contributed by atoms with Gasteiger partial charge in [0.05, 0.1) is 6.07 Å². The van der Waals surface area contributed by atoms with Crippen LogP contribution in [-0.2, 0) is 5.54 Å². The minimum atomic E-state index is -0.622. The van der Waals surface area contributed by atoms with Crippen LogP contribution in [-0.4, -0.2) is 37.9 Å². The Balaban J connectivity index is 1.95. The highest BCUT2D eigenvalue weighted by Crippen LogP contribution is 2.37. The Bertz CT molecular complexity index is 520. The summed E-state index contributed by atoms with van der Waals surface area (Å²) in [5.41, 5.74) is 0.337. The van der Waals surface area contributed by atoms with E-state index in [9.17, 15) is 5.26 Å². The molecule has 0 aromatic heterocycles. The molecule has 19 heavy (non-hydrogen) atoms. The summed E-state index contributed by atoms with van der Waals surface area (Å²) >= 11 is 0. The standard InChI is InChI=1S/C14H17N3O2/c1-14(9-15,17-6-4-16-5-7-17)11-2-3-12-13(8-11)19-10-18-12/h2-3,8,16H,4-7,10H2,1H3. The molecule has 1 N–H and O–H groups in total. The van der Waals surface area contributed by atoms with Crippen molar-refractivity contribution in [3.05, 3.63) is 23.8 Å². The number of nitrogens with zero attached hydrogens (tertiary/aromatic N) is 2. The first-order valence-electron chi connectivity index (χ1n) is 6.51. The van der Waals surface area contributed by atoms with Gasteiger partial charge < -0.3 is 14.8 Å². The molecule has 2 aliphatic rings. The Morgan fingerprint density at radius 3 is 2.74 bits per heavy atom. The van der Waals surface area contributed by atoms with Gasteiger partial charge in [-0.15, -0.1) is 0 Å². The molecule has 3 rings (SSSR count). The number of hydrogen-bond donors (Lipinski definition) is 1. The van der Waals surface area contributed by atoms with Gasteiger partial charge in [-0.25, -0.2) is 0 Å². The summed E-state index contributed by atoms with van der Waals surface area (Å²) in [6, 6.07) is 8.22. The van der Waals surface area contributed by atoms with Crippen LogP contribution in [0.1, 0.15) is 12.5 Å². The molecule has 0 bridgehead atoms. The number of hydrogen-bond acceptors (Lipinski definition) is 5. The summed E-state index contributed by atoms with van der Waals surface area (Å²) in [6.45, 7) is 5.81. The first kappa shape index (κ1) is 12.3. The second kappa shape index (κ2) is 4.72. The topological polar surface area (TPSA) is 57.5 Å². The summed E-state index contributed by atoms with van der Waals surface area (Å²) < 4.78 is 10.7. The molecule has 0 aliphatic carbocycles. The van der Waals surface area contributed by atoms with E-state index in [0.717, 1.165) is 43.2 Å². The maximum Gasteiger partial charge on any atom is 0.231 e. The number of piperazine rings is 1. The maximum atomic E-state index is 9.66. The van der Waals surface area contributed by atoms with Gasteiger partial charge in [0.1, 0.15) is 5.54 Å². The van der Waals surface area contributed by atoms with Crippen LogP contribution in [0.5, 0.6) is 11.5 Å². The molecule has 1 saturated heterocycles. The number of nitrogens with one attached hydrogen (secondary N) is 1. The van der Waals surface area contributed by atoms with Crippen LogP contribution < -0.4 is 14.8 Å². The SMILES string of the molecule is CC(C#N)(c1ccc2c(c1)OCO2)N1CCNCC1.